The first-order valence-corrected chi connectivity index (χ1v) is 7.16. The van der Waals surface area contributed by atoms with Crippen LogP contribution in [0.4, 0.5) is 5.82 Å². The predicted octanol–water partition coefficient (Wildman–Crippen LogP) is 3.11. The van der Waals surface area contributed by atoms with Gasteiger partial charge in [-0.25, -0.2) is 4.98 Å². The fourth-order valence-corrected chi connectivity index (χ4v) is 1.99. The van der Waals surface area contributed by atoms with Gasteiger partial charge < -0.3 is 11.1 Å². The first kappa shape index (κ1) is 15.0. The number of nitrogens with two attached hydrogens (primary N) is 1. The molecule has 2 aromatic rings. The van der Waals surface area contributed by atoms with E-state index in [0.29, 0.717) is 23.8 Å². The number of carbonyl (C=O) groups excluding carboxylic acids is 1. The average Bonchev–Trinajstić information content (AvgIpc) is 2.47. The maximum Gasteiger partial charge on any atom is 0.251 e. The van der Waals surface area contributed by atoms with E-state index in [2.05, 4.69) is 24.1 Å². The van der Waals surface area contributed by atoms with Crippen LogP contribution in [0.25, 0.3) is 11.1 Å². The van der Waals surface area contributed by atoms with Crippen molar-refractivity contribution in [1.82, 2.24) is 10.3 Å². The lowest BCUT2D eigenvalue weighted by Gasteiger charge is -2.08. The Morgan fingerprint density at radius 1 is 1.24 bits per heavy atom. The van der Waals surface area contributed by atoms with Crippen molar-refractivity contribution in [3.63, 3.8) is 0 Å². The number of anilines is 1. The van der Waals surface area contributed by atoms with Crippen molar-refractivity contribution in [2.75, 3.05) is 12.3 Å². The van der Waals surface area contributed by atoms with E-state index in [1.54, 1.807) is 12.3 Å². The first-order valence-electron chi connectivity index (χ1n) is 7.16. The second-order valence-corrected chi connectivity index (χ2v) is 5.49. The number of hydrogen-bond acceptors (Lipinski definition) is 3. The van der Waals surface area contributed by atoms with Crippen molar-refractivity contribution in [3.8, 4) is 11.1 Å². The Kier molecular flexibility index (Phi) is 4.93. The summed E-state index contributed by atoms with van der Waals surface area (Å²) in [6, 6.07) is 11.2. The van der Waals surface area contributed by atoms with Gasteiger partial charge in [0.25, 0.3) is 5.91 Å². The van der Waals surface area contributed by atoms with Gasteiger partial charge in [0.2, 0.25) is 0 Å². The van der Waals surface area contributed by atoms with E-state index in [9.17, 15) is 4.79 Å². The number of amides is 1. The van der Waals surface area contributed by atoms with Crippen LogP contribution < -0.4 is 11.1 Å². The highest BCUT2D eigenvalue weighted by Gasteiger charge is 2.07. The van der Waals surface area contributed by atoms with Crippen LogP contribution in [-0.2, 0) is 0 Å². The van der Waals surface area contributed by atoms with Crippen molar-refractivity contribution in [2.24, 2.45) is 5.92 Å². The summed E-state index contributed by atoms with van der Waals surface area (Å²) in [4.78, 5) is 16.2. The molecule has 0 aliphatic carbocycles. The predicted molar refractivity (Wildman–Crippen MR) is 85.9 cm³/mol. The molecule has 1 aromatic carbocycles. The molecule has 1 heterocycles. The summed E-state index contributed by atoms with van der Waals surface area (Å²) in [6.45, 7) is 4.98. The zero-order valence-corrected chi connectivity index (χ0v) is 12.5. The summed E-state index contributed by atoms with van der Waals surface area (Å²) in [6.07, 6.45) is 2.69. The highest BCUT2D eigenvalue weighted by atomic mass is 16.1. The Balaban J connectivity index is 2.10. The second kappa shape index (κ2) is 6.88. The van der Waals surface area contributed by atoms with Crippen molar-refractivity contribution >= 4 is 11.7 Å². The maximum absolute atomic E-state index is 12.1. The Morgan fingerprint density at radius 3 is 2.71 bits per heavy atom. The highest BCUT2D eigenvalue weighted by molar-refractivity contribution is 5.95. The van der Waals surface area contributed by atoms with E-state index < -0.39 is 0 Å². The smallest absolute Gasteiger partial charge is 0.251 e. The molecule has 0 aliphatic rings. The summed E-state index contributed by atoms with van der Waals surface area (Å²) in [7, 11) is 0. The topological polar surface area (TPSA) is 68.0 Å². The van der Waals surface area contributed by atoms with Crippen molar-refractivity contribution in [2.45, 2.75) is 20.3 Å². The number of pyridine rings is 1. The van der Waals surface area contributed by atoms with Gasteiger partial charge in [0.05, 0.1) is 0 Å². The fraction of sp³-hybridized carbons (Fsp3) is 0.294. The molecular weight excluding hydrogens is 262 g/mol. The molecule has 2 rings (SSSR count). The summed E-state index contributed by atoms with van der Waals surface area (Å²) in [5.41, 5.74) is 8.15. The summed E-state index contributed by atoms with van der Waals surface area (Å²) < 4.78 is 0. The molecule has 21 heavy (non-hydrogen) atoms. The van der Waals surface area contributed by atoms with E-state index in [-0.39, 0.29) is 5.91 Å². The molecule has 4 nitrogen and oxygen atoms in total. The van der Waals surface area contributed by atoms with Crippen molar-refractivity contribution in [1.29, 1.82) is 0 Å². The molecule has 0 atom stereocenters. The standard InChI is InChI=1S/C17H21N3O/c1-12(2)8-9-19-17(21)14-5-3-4-13(10-14)15-6-7-16(18)20-11-15/h3-7,10-12H,8-9H2,1-2H3,(H2,18,20)(H,19,21). The third-order valence-electron chi connectivity index (χ3n) is 3.25. The van der Waals surface area contributed by atoms with Gasteiger partial charge in [0.1, 0.15) is 5.82 Å². The van der Waals surface area contributed by atoms with Crippen LogP contribution in [0.2, 0.25) is 0 Å². The lowest BCUT2D eigenvalue weighted by Crippen LogP contribution is -2.25. The van der Waals surface area contributed by atoms with Crippen LogP contribution >= 0.6 is 0 Å². The molecule has 3 N–H and O–H groups in total. The number of carbonyl (C=O) groups is 1. The molecule has 0 fully saturated rings. The highest BCUT2D eigenvalue weighted by Crippen LogP contribution is 2.20. The molecule has 0 radical (unpaired) electrons. The number of hydrogen-bond donors (Lipinski definition) is 2. The normalized spacial score (nSPS) is 10.6. The van der Waals surface area contributed by atoms with Crippen LogP contribution in [0.5, 0.6) is 0 Å². The number of benzene rings is 1. The van der Waals surface area contributed by atoms with E-state index in [0.717, 1.165) is 17.5 Å². The minimum Gasteiger partial charge on any atom is -0.384 e. The van der Waals surface area contributed by atoms with Crippen LogP contribution in [-0.4, -0.2) is 17.4 Å². The van der Waals surface area contributed by atoms with Crippen LogP contribution in [0.3, 0.4) is 0 Å². The van der Waals surface area contributed by atoms with E-state index >= 15 is 0 Å². The maximum atomic E-state index is 12.1. The molecule has 4 heteroatoms. The molecule has 0 unspecified atom stereocenters. The number of nitrogens with one attached hydrogen (secondary N) is 1. The van der Waals surface area contributed by atoms with Gasteiger partial charge in [-0.15, -0.1) is 0 Å². The van der Waals surface area contributed by atoms with Gasteiger partial charge >= 0.3 is 0 Å². The minimum atomic E-state index is -0.0408. The van der Waals surface area contributed by atoms with E-state index in [1.807, 2.05) is 30.3 Å². The molecule has 0 saturated carbocycles. The van der Waals surface area contributed by atoms with Gasteiger partial charge in [-0.3, -0.25) is 4.79 Å². The lowest BCUT2D eigenvalue weighted by molar-refractivity contribution is 0.0952. The van der Waals surface area contributed by atoms with Gasteiger partial charge in [0, 0.05) is 23.9 Å². The Bertz CT molecular complexity index is 606. The van der Waals surface area contributed by atoms with Gasteiger partial charge in [-0.1, -0.05) is 26.0 Å². The first-order chi connectivity index (χ1) is 10.1. The number of aromatic nitrogens is 1. The molecule has 1 amide bonds. The zero-order chi connectivity index (χ0) is 15.2. The van der Waals surface area contributed by atoms with Crippen molar-refractivity contribution < 1.29 is 4.79 Å². The third-order valence-corrected chi connectivity index (χ3v) is 3.25. The molecule has 0 bridgehead atoms. The quantitative estimate of drug-likeness (QED) is 0.886. The molecular formula is C17H21N3O. The molecule has 1 aromatic heterocycles. The summed E-state index contributed by atoms with van der Waals surface area (Å²) >= 11 is 0. The fourth-order valence-electron chi connectivity index (χ4n) is 1.99. The van der Waals surface area contributed by atoms with Gasteiger partial charge in [0.15, 0.2) is 0 Å². The SMILES string of the molecule is CC(C)CCNC(=O)c1cccc(-c2ccc(N)nc2)c1. The third kappa shape index (κ3) is 4.31. The molecule has 0 aliphatic heterocycles. The van der Waals surface area contributed by atoms with Crippen LogP contribution in [0, 0.1) is 5.92 Å². The van der Waals surface area contributed by atoms with Gasteiger partial charge in [-0.2, -0.15) is 0 Å². The Labute approximate surface area is 125 Å². The van der Waals surface area contributed by atoms with E-state index in [1.165, 1.54) is 0 Å². The monoisotopic (exact) mass is 283 g/mol. The van der Waals surface area contributed by atoms with Crippen LogP contribution in [0.1, 0.15) is 30.6 Å². The van der Waals surface area contributed by atoms with Crippen LogP contribution in [0.15, 0.2) is 42.6 Å². The summed E-state index contributed by atoms with van der Waals surface area (Å²) in [5, 5.41) is 2.94. The second-order valence-electron chi connectivity index (χ2n) is 5.49. The Hall–Kier alpha value is -2.36. The largest absolute Gasteiger partial charge is 0.384 e. The lowest BCUT2D eigenvalue weighted by atomic mass is 10.0. The van der Waals surface area contributed by atoms with E-state index in [4.69, 9.17) is 5.73 Å². The number of rotatable bonds is 5. The average molecular weight is 283 g/mol. The molecule has 0 spiro atoms. The minimum absolute atomic E-state index is 0.0408. The Morgan fingerprint density at radius 2 is 2.05 bits per heavy atom. The molecule has 110 valence electrons. The zero-order valence-electron chi connectivity index (χ0n) is 12.5. The number of nitrogens with zero attached hydrogens (tertiary/aromatic N) is 1. The summed E-state index contributed by atoms with van der Waals surface area (Å²) in [5.74, 6) is 1.03. The molecule has 0 saturated heterocycles. The number of nitrogen functional groups attached to an aromatic ring is 1. The van der Waals surface area contributed by atoms with Crippen molar-refractivity contribution in [3.05, 3.63) is 48.2 Å². The van der Waals surface area contributed by atoms with Gasteiger partial charge in [-0.05, 0) is 42.2 Å².